The van der Waals surface area contributed by atoms with Crippen molar-refractivity contribution in [3.8, 4) is 5.75 Å². The van der Waals surface area contributed by atoms with Crippen molar-refractivity contribution in [1.82, 2.24) is 5.32 Å². The van der Waals surface area contributed by atoms with E-state index in [9.17, 15) is 9.59 Å². The number of carbonyl (C=O) groups excluding carboxylic acids is 1. The van der Waals surface area contributed by atoms with E-state index in [2.05, 4.69) is 5.32 Å². The van der Waals surface area contributed by atoms with Gasteiger partial charge in [0.15, 0.2) is 6.61 Å². The van der Waals surface area contributed by atoms with Crippen LogP contribution >= 0.6 is 23.2 Å². The molecule has 114 valence electrons. The maximum atomic E-state index is 11.8. The predicted molar refractivity (Wildman–Crippen MR) is 78.9 cm³/mol. The first-order valence-electron chi connectivity index (χ1n) is 6.55. The zero-order valence-corrected chi connectivity index (χ0v) is 12.7. The van der Waals surface area contributed by atoms with Crippen LogP contribution in [0, 0.1) is 5.92 Å². The van der Waals surface area contributed by atoms with E-state index in [0.29, 0.717) is 35.1 Å². The lowest BCUT2D eigenvalue weighted by molar-refractivity contribution is -0.141. The zero-order valence-electron chi connectivity index (χ0n) is 11.1. The molecule has 2 atom stereocenters. The lowest BCUT2D eigenvalue weighted by atomic mass is 10.1. The first-order chi connectivity index (χ1) is 9.95. The Morgan fingerprint density at radius 3 is 2.76 bits per heavy atom. The Hall–Kier alpha value is -1.46. The van der Waals surface area contributed by atoms with Crippen LogP contribution in [0.4, 0.5) is 0 Å². The number of benzene rings is 1. The summed E-state index contributed by atoms with van der Waals surface area (Å²) in [5, 5.41) is 12.5. The fourth-order valence-corrected chi connectivity index (χ4v) is 2.67. The number of halogens is 2. The highest BCUT2D eigenvalue weighted by atomic mass is 35.5. The highest BCUT2D eigenvalue weighted by Crippen LogP contribution is 2.28. The predicted octanol–water partition coefficient (Wildman–Crippen LogP) is 2.74. The van der Waals surface area contributed by atoms with Gasteiger partial charge in [0, 0.05) is 17.1 Å². The summed E-state index contributed by atoms with van der Waals surface area (Å²) in [6.07, 6.45) is 1.71. The molecule has 0 spiro atoms. The van der Waals surface area contributed by atoms with E-state index in [-0.39, 0.29) is 24.5 Å². The fourth-order valence-electron chi connectivity index (χ4n) is 2.34. The molecule has 1 aliphatic carbocycles. The van der Waals surface area contributed by atoms with E-state index >= 15 is 0 Å². The molecule has 7 heteroatoms. The maximum Gasteiger partial charge on any atom is 0.306 e. The Bertz CT molecular complexity index is 550. The minimum absolute atomic E-state index is 0.114. The summed E-state index contributed by atoms with van der Waals surface area (Å²) >= 11 is 11.7. The molecule has 5 nitrogen and oxygen atoms in total. The topological polar surface area (TPSA) is 75.6 Å². The monoisotopic (exact) mass is 331 g/mol. The first-order valence-corrected chi connectivity index (χ1v) is 7.31. The van der Waals surface area contributed by atoms with Crippen LogP contribution in [0.15, 0.2) is 18.2 Å². The van der Waals surface area contributed by atoms with Gasteiger partial charge in [0.1, 0.15) is 5.75 Å². The average molecular weight is 332 g/mol. The molecule has 21 heavy (non-hydrogen) atoms. The molecule has 2 unspecified atom stereocenters. The Morgan fingerprint density at radius 2 is 2.10 bits per heavy atom. The summed E-state index contributed by atoms with van der Waals surface area (Å²) in [5.41, 5.74) is 0. The van der Waals surface area contributed by atoms with Crippen LogP contribution < -0.4 is 10.1 Å². The van der Waals surface area contributed by atoms with Crippen molar-refractivity contribution >= 4 is 35.1 Å². The van der Waals surface area contributed by atoms with Crippen LogP contribution in [0.3, 0.4) is 0 Å². The summed E-state index contributed by atoms with van der Waals surface area (Å²) in [6, 6.07) is 4.64. The second-order valence-electron chi connectivity index (χ2n) is 4.98. The standard InChI is InChI=1S/C14H15Cl2NO4/c15-9-2-4-11(16)12(6-9)21-7-13(18)17-10-3-1-8(5-10)14(19)20/h2,4,6,8,10H,1,3,5,7H2,(H,17,18)(H,19,20). The van der Waals surface area contributed by atoms with Crippen molar-refractivity contribution < 1.29 is 19.4 Å². The van der Waals surface area contributed by atoms with Crippen molar-refractivity contribution in [2.45, 2.75) is 25.3 Å². The number of aliphatic carboxylic acids is 1. The van der Waals surface area contributed by atoms with Crippen LogP contribution in [0.25, 0.3) is 0 Å². The highest BCUT2D eigenvalue weighted by molar-refractivity contribution is 6.34. The molecular weight excluding hydrogens is 317 g/mol. The third kappa shape index (κ3) is 4.51. The molecule has 0 bridgehead atoms. The number of carbonyl (C=O) groups is 2. The van der Waals surface area contributed by atoms with Gasteiger partial charge < -0.3 is 15.2 Å². The van der Waals surface area contributed by atoms with Crippen molar-refractivity contribution in [1.29, 1.82) is 0 Å². The lowest BCUT2D eigenvalue weighted by Gasteiger charge is -2.13. The van der Waals surface area contributed by atoms with Crippen LogP contribution in [0.1, 0.15) is 19.3 Å². The van der Waals surface area contributed by atoms with Crippen molar-refractivity contribution in [3.63, 3.8) is 0 Å². The third-order valence-corrected chi connectivity index (χ3v) is 3.95. The van der Waals surface area contributed by atoms with Gasteiger partial charge in [-0.3, -0.25) is 9.59 Å². The molecule has 0 aromatic heterocycles. The fraction of sp³-hybridized carbons (Fsp3) is 0.429. The number of carboxylic acids is 1. The van der Waals surface area contributed by atoms with Gasteiger partial charge in [-0.25, -0.2) is 0 Å². The van der Waals surface area contributed by atoms with Crippen LogP contribution in [0.5, 0.6) is 5.75 Å². The molecule has 0 heterocycles. The van der Waals surface area contributed by atoms with E-state index in [4.69, 9.17) is 33.0 Å². The molecule has 0 aliphatic heterocycles. The number of carboxylic acid groups (broad SMARTS) is 1. The van der Waals surface area contributed by atoms with Gasteiger partial charge in [-0.05, 0) is 31.4 Å². The molecule has 2 N–H and O–H groups in total. The van der Waals surface area contributed by atoms with Crippen LogP contribution in [-0.2, 0) is 9.59 Å². The van der Waals surface area contributed by atoms with Gasteiger partial charge in [-0.1, -0.05) is 23.2 Å². The van der Waals surface area contributed by atoms with E-state index in [1.807, 2.05) is 0 Å². The second kappa shape index (κ2) is 7.00. The number of rotatable bonds is 5. The minimum atomic E-state index is -0.811. The maximum absolute atomic E-state index is 11.8. The summed E-state index contributed by atoms with van der Waals surface area (Å²) < 4.78 is 5.32. The molecule has 0 radical (unpaired) electrons. The van der Waals surface area contributed by atoms with E-state index < -0.39 is 5.97 Å². The number of ether oxygens (including phenoxy) is 1. The van der Waals surface area contributed by atoms with E-state index in [1.165, 1.54) is 6.07 Å². The van der Waals surface area contributed by atoms with Crippen molar-refractivity contribution in [2.24, 2.45) is 5.92 Å². The average Bonchev–Trinajstić information content (AvgIpc) is 2.88. The molecular formula is C14H15Cl2NO4. The zero-order chi connectivity index (χ0) is 15.4. The van der Waals surface area contributed by atoms with E-state index in [1.54, 1.807) is 12.1 Å². The Kier molecular flexibility index (Phi) is 5.31. The molecule has 1 amide bonds. The van der Waals surface area contributed by atoms with Crippen LogP contribution in [0.2, 0.25) is 10.0 Å². The van der Waals surface area contributed by atoms with Gasteiger partial charge in [0.2, 0.25) is 0 Å². The molecule has 1 saturated carbocycles. The van der Waals surface area contributed by atoms with Crippen molar-refractivity contribution in [2.75, 3.05) is 6.61 Å². The summed E-state index contributed by atoms with van der Waals surface area (Å²) in [5.74, 6) is -1.15. The summed E-state index contributed by atoms with van der Waals surface area (Å²) in [7, 11) is 0. The van der Waals surface area contributed by atoms with Gasteiger partial charge in [0.25, 0.3) is 5.91 Å². The van der Waals surface area contributed by atoms with Crippen LogP contribution in [-0.4, -0.2) is 29.6 Å². The normalized spacial score (nSPS) is 21.0. The molecule has 1 fully saturated rings. The summed E-state index contributed by atoms with van der Waals surface area (Å²) in [6.45, 7) is -0.186. The number of hydrogen-bond acceptors (Lipinski definition) is 3. The largest absolute Gasteiger partial charge is 0.482 e. The molecule has 1 aliphatic rings. The van der Waals surface area contributed by atoms with Gasteiger partial charge in [-0.15, -0.1) is 0 Å². The Morgan fingerprint density at radius 1 is 1.33 bits per heavy atom. The van der Waals surface area contributed by atoms with Crippen molar-refractivity contribution in [3.05, 3.63) is 28.2 Å². The molecule has 1 aromatic rings. The Balaban J connectivity index is 1.80. The van der Waals surface area contributed by atoms with E-state index in [0.717, 1.165) is 0 Å². The second-order valence-corrected chi connectivity index (χ2v) is 5.82. The SMILES string of the molecule is O=C(COc1cc(Cl)ccc1Cl)NC1CCC(C(=O)O)C1. The quantitative estimate of drug-likeness (QED) is 0.869. The van der Waals surface area contributed by atoms with Gasteiger partial charge >= 0.3 is 5.97 Å². The molecule has 2 rings (SSSR count). The lowest BCUT2D eigenvalue weighted by Crippen LogP contribution is -2.36. The first kappa shape index (κ1) is 15.9. The van der Waals surface area contributed by atoms with Gasteiger partial charge in [-0.2, -0.15) is 0 Å². The third-order valence-electron chi connectivity index (χ3n) is 3.40. The number of nitrogens with one attached hydrogen (secondary N) is 1. The minimum Gasteiger partial charge on any atom is -0.482 e. The molecule has 1 aromatic carbocycles. The van der Waals surface area contributed by atoms with Gasteiger partial charge in [0.05, 0.1) is 10.9 Å². The summed E-state index contributed by atoms with van der Waals surface area (Å²) in [4.78, 5) is 22.6. The Labute approximate surface area is 132 Å². The number of hydrogen-bond donors (Lipinski definition) is 2. The number of amides is 1. The molecule has 0 saturated heterocycles. The highest BCUT2D eigenvalue weighted by Gasteiger charge is 2.30. The smallest absolute Gasteiger partial charge is 0.306 e.